The Kier molecular flexibility index (Phi) is 5.29. The number of rotatable bonds is 4. The second kappa shape index (κ2) is 7.47. The smallest absolute Gasteiger partial charge is 0.362 e. The van der Waals surface area contributed by atoms with Crippen LogP contribution in [0.4, 0.5) is 4.39 Å². The molecule has 0 spiro atoms. The summed E-state index contributed by atoms with van der Waals surface area (Å²) in [6, 6.07) is 10.9. The van der Waals surface area contributed by atoms with E-state index in [0.29, 0.717) is 15.1 Å². The maximum Gasteiger partial charge on any atom is 0.362 e. The van der Waals surface area contributed by atoms with Crippen LogP contribution in [0.3, 0.4) is 0 Å². The van der Waals surface area contributed by atoms with Crippen LogP contribution in [-0.2, 0) is 4.74 Å². The van der Waals surface area contributed by atoms with Gasteiger partial charge in [-0.2, -0.15) is 5.10 Å². The molecule has 26 heavy (non-hydrogen) atoms. The molecule has 0 radical (unpaired) electrons. The van der Waals surface area contributed by atoms with Gasteiger partial charge in [0.1, 0.15) is 17.2 Å². The van der Waals surface area contributed by atoms with Crippen LogP contribution in [0.25, 0.3) is 16.9 Å². The van der Waals surface area contributed by atoms with Crippen LogP contribution in [0.2, 0.25) is 5.02 Å². The number of aromatic hydroxyl groups is 1. The van der Waals surface area contributed by atoms with Crippen molar-refractivity contribution in [3.8, 4) is 22.7 Å². The van der Waals surface area contributed by atoms with Gasteiger partial charge in [-0.05, 0) is 37.3 Å². The summed E-state index contributed by atoms with van der Waals surface area (Å²) >= 11 is 9.11. The number of carbonyl (C=O) groups is 1. The number of nitrogens with zero attached hydrogens (tertiary/aromatic N) is 2. The predicted molar refractivity (Wildman–Crippen MR) is 99.3 cm³/mol. The average molecular weight is 440 g/mol. The molecule has 0 aliphatic rings. The molecule has 0 saturated heterocycles. The van der Waals surface area contributed by atoms with Crippen LogP contribution in [0, 0.1) is 5.82 Å². The van der Waals surface area contributed by atoms with Gasteiger partial charge in [-0.25, -0.2) is 13.9 Å². The SMILES string of the molecule is CCOC(=O)c1nn(-c2ccc(Br)cc2F)c(-c2ccc(Cl)cc2)c1O. The van der Waals surface area contributed by atoms with Gasteiger partial charge in [0.2, 0.25) is 5.69 Å². The summed E-state index contributed by atoms with van der Waals surface area (Å²) in [7, 11) is 0. The Balaban J connectivity index is 2.26. The summed E-state index contributed by atoms with van der Waals surface area (Å²) in [4.78, 5) is 12.1. The van der Waals surface area contributed by atoms with E-state index in [1.165, 1.54) is 16.8 Å². The molecule has 0 bridgehead atoms. The van der Waals surface area contributed by atoms with Crippen molar-refractivity contribution >= 4 is 33.5 Å². The van der Waals surface area contributed by atoms with Crippen molar-refractivity contribution in [1.29, 1.82) is 0 Å². The third kappa shape index (κ3) is 3.45. The highest BCUT2D eigenvalue weighted by Crippen LogP contribution is 2.36. The molecule has 0 amide bonds. The Morgan fingerprint density at radius 3 is 2.62 bits per heavy atom. The second-order valence-corrected chi connectivity index (χ2v) is 6.63. The Hall–Kier alpha value is -2.38. The minimum Gasteiger partial charge on any atom is -0.504 e. The monoisotopic (exact) mass is 438 g/mol. The highest BCUT2D eigenvalue weighted by atomic mass is 79.9. The first-order valence-corrected chi connectivity index (χ1v) is 8.80. The van der Waals surface area contributed by atoms with Crippen LogP contribution in [0.1, 0.15) is 17.4 Å². The highest BCUT2D eigenvalue weighted by molar-refractivity contribution is 9.10. The average Bonchev–Trinajstić information content (AvgIpc) is 2.93. The predicted octanol–water partition coefficient (Wildman–Crippen LogP) is 4.98. The lowest BCUT2D eigenvalue weighted by Crippen LogP contribution is -2.07. The zero-order valence-electron chi connectivity index (χ0n) is 13.5. The van der Waals surface area contributed by atoms with E-state index in [1.54, 1.807) is 37.3 Å². The van der Waals surface area contributed by atoms with Gasteiger partial charge in [0.15, 0.2) is 5.75 Å². The molecule has 5 nitrogen and oxygen atoms in total. The topological polar surface area (TPSA) is 64.3 Å². The molecule has 1 heterocycles. The molecule has 0 aliphatic heterocycles. The second-order valence-electron chi connectivity index (χ2n) is 5.28. The summed E-state index contributed by atoms with van der Waals surface area (Å²) in [6.07, 6.45) is 0. The molecule has 8 heteroatoms. The van der Waals surface area contributed by atoms with E-state index in [4.69, 9.17) is 16.3 Å². The van der Waals surface area contributed by atoms with Crippen molar-refractivity contribution in [2.45, 2.75) is 6.92 Å². The van der Waals surface area contributed by atoms with E-state index in [9.17, 15) is 14.3 Å². The number of hydrogen-bond donors (Lipinski definition) is 1. The van der Waals surface area contributed by atoms with Crippen molar-refractivity contribution in [2.24, 2.45) is 0 Å². The summed E-state index contributed by atoms with van der Waals surface area (Å²) in [5.41, 5.74) is 0.450. The summed E-state index contributed by atoms with van der Waals surface area (Å²) in [5.74, 6) is -1.77. The number of halogens is 3. The molecule has 0 atom stereocenters. The quantitative estimate of drug-likeness (QED) is 0.583. The minimum atomic E-state index is -0.795. The first-order chi connectivity index (χ1) is 12.4. The van der Waals surface area contributed by atoms with Gasteiger partial charge in [0, 0.05) is 15.1 Å². The summed E-state index contributed by atoms with van der Waals surface area (Å²) in [6.45, 7) is 1.76. The van der Waals surface area contributed by atoms with Gasteiger partial charge in [-0.1, -0.05) is 39.7 Å². The summed E-state index contributed by atoms with van der Waals surface area (Å²) < 4.78 is 21.1. The van der Waals surface area contributed by atoms with Crippen molar-refractivity contribution in [3.63, 3.8) is 0 Å². The molecule has 1 N–H and O–H groups in total. The van der Waals surface area contributed by atoms with Gasteiger partial charge in [0.25, 0.3) is 0 Å². The standard InChI is InChI=1S/C18H13BrClFN2O3/c1-2-26-18(25)15-17(24)16(10-3-6-12(20)7-4-10)23(22-15)14-8-5-11(19)9-13(14)21/h3-9,24H,2H2,1H3. The normalized spacial score (nSPS) is 10.8. The molecule has 134 valence electrons. The fourth-order valence-corrected chi connectivity index (χ4v) is 2.90. The van der Waals surface area contributed by atoms with Crippen LogP contribution in [0.15, 0.2) is 46.9 Å². The first kappa shape index (κ1) is 18.4. The van der Waals surface area contributed by atoms with Crippen molar-refractivity contribution in [2.75, 3.05) is 6.61 Å². The fourth-order valence-electron chi connectivity index (χ4n) is 2.44. The molecule has 0 fully saturated rings. The van der Waals surface area contributed by atoms with E-state index in [1.807, 2.05) is 0 Å². The molecule has 0 aliphatic carbocycles. The Morgan fingerprint density at radius 2 is 2.00 bits per heavy atom. The van der Waals surface area contributed by atoms with Gasteiger partial charge >= 0.3 is 5.97 Å². The largest absolute Gasteiger partial charge is 0.504 e. The minimum absolute atomic E-state index is 0.0731. The van der Waals surface area contributed by atoms with Crippen molar-refractivity contribution in [1.82, 2.24) is 9.78 Å². The Bertz CT molecular complexity index is 973. The highest BCUT2D eigenvalue weighted by Gasteiger charge is 2.26. The van der Waals surface area contributed by atoms with E-state index in [0.717, 1.165) is 0 Å². The van der Waals surface area contributed by atoms with E-state index in [2.05, 4.69) is 21.0 Å². The maximum atomic E-state index is 14.5. The molecular weight excluding hydrogens is 427 g/mol. The molecule has 0 unspecified atom stereocenters. The number of hydrogen-bond acceptors (Lipinski definition) is 4. The molecule has 1 aromatic heterocycles. The molecular formula is C18H13BrClFN2O3. The van der Waals surface area contributed by atoms with Crippen LogP contribution in [0.5, 0.6) is 5.75 Å². The van der Waals surface area contributed by atoms with Gasteiger partial charge < -0.3 is 9.84 Å². The van der Waals surface area contributed by atoms with Crippen LogP contribution in [-0.4, -0.2) is 27.5 Å². The Labute approximate surface area is 162 Å². The first-order valence-electron chi connectivity index (χ1n) is 7.62. The van der Waals surface area contributed by atoms with Gasteiger partial charge in [-0.3, -0.25) is 0 Å². The zero-order chi connectivity index (χ0) is 18.8. The lowest BCUT2D eigenvalue weighted by atomic mass is 10.1. The van der Waals surface area contributed by atoms with Crippen molar-refractivity contribution in [3.05, 3.63) is 63.5 Å². The molecule has 3 aromatic rings. The van der Waals surface area contributed by atoms with Gasteiger partial charge in [0.05, 0.1) is 6.61 Å². The van der Waals surface area contributed by atoms with Crippen molar-refractivity contribution < 1.29 is 19.0 Å². The third-order valence-corrected chi connectivity index (χ3v) is 4.33. The number of benzene rings is 2. The third-order valence-electron chi connectivity index (χ3n) is 3.58. The lowest BCUT2D eigenvalue weighted by molar-refractivity contribution is 0.0515. The van der Waals surface area contributed by atoms with Gasteiger partial charge in [-0.15, -0.1) is 0 Å². The molecule has 3 rings (SSSR count). The van der Waals surface area contributed by atoms with E-state index in [-0.39, 0.29) is 23.7 Å². The number of aromatic nitrogens is 2. The van der Waals surface area contributed by atoms with E-state index < -0.39 is 17.5 Å². The lowest BCUT2D eigenvalue weighted by Gasteiger charge is -2.09. The number of carbonyl (C=O) groups excluding carboxylic acids is 1. The summed E-state index contributed by atoms with van der Waals surface area (Å²) in [5, 5.41) is 15.2. The Morgan fingerprint density at radius 1 is 1.31 bits per heavy atom. The number of esters is 1. The van der Waals surface area contributed by atoms with E-state index >= 15 is 0 Å². The fraction of sp³-hybridized carbons (Fsp3) is 0.111. The molecule has 0 saturated carbocycles. The number of ether oxygens (including phenoxy) is 1. The maximum absolute atomic E-state index is 14.5. The zero-order valence-corrected chi connectivity index (χ0v) is 15.9. The van der Waals surface area contributed by atoms with Crippen LogP contribution < -0.4 is 0 Å². The van der Waals surface area contributed by atoms with Crippen LogP contribution >= 0.6 is 27.5 Å². The molecule has 2 aromatic carbocycles.